The predicted octanol–water partition coefficient (Wildman–Crippen LogP) is 3.72. The third-order valence-electron chi connectivity index (χ3n) is 4.41. The molecular weight excluding hydrogens is 432 g/mol. The lowest BCUT2D eigenvalue weighted by Gasteiger charge is -2.21. The Morgan fingerprint density at radius 1 is 1.13 bits per heavy atom. The predicted molar refractivity (Wildman–Crippen MR) is 108 cm³/mol. The van der Waals surface area contributed by atoms with Crippen LogP contribution in [0.2, 0.25) is 5.15 Å². The number of ether oxygens (including phenoxy) is 3. The second kappa shape index (κ2) is 8.95. The van der Waals surface area contributed by atoms with Crippen molar-refractivity contribution in [3.8, 4) is 17.2 Å². The van der Waals surface area contributed by atoms with Crippen molar-refractivity contribution in [3.05, 3.63) is 65.8 Å². The quantitative estimate of drug-likeness (QED) is 0.362. The van der Waals surface area contributed by atoms with Crippen molar-refractivity contribution < 1.29 is 27.0 Å². The largest absolute Gasteiger partial charge is 0.493 e. The monoisotopic (exact) mass is 450 g/mol. The van der Waals surface area contributed by atoms with E-state index in [4.69, 9.17) is 30.2 Å². The summed E-state index contributed by atoms with van der Waals surface area (Å²) in [5.74, 6) is 2.47. The SMILES string of the molecule is O=S(=O)(c1ccc(Cl)nc1)N(CCCOc1ccc2c(c1)OCO2)Cc1ccco1. The molecular formula is C20H19ClN2O6S. The van der Waals surface area contributed by atoms with Crippen LogP contribution in [0.1, 0.15) is 12.2 Å². The molecule has 158 valence electrons. The third kappa shape index (κ3) is 4.69. The molecule has 3 heterocycles. The van der Waals surface area contributed by atoms with Gasteiger partial charge in [0.15, 0.2) is 11.5 Å². The van der Waals surface area contributed by atoms with Gasteiger partial charge in [-0.15, -0.1) is 0 Å². The van der Waals surface area contributed by atoms with E-state index in [2.05, 4.69) is 4.98 Å². The molecule has 1 aliphatic heterocycles. The summed E-state index contributed by atoms with van der Waals surface area (Å²) in [6, 6.07) is 11.6. The van der Waals surface area contributed by atoms with Crippen molar-refractivity contribution in [1.29, 1.82) is 0 Å². The highest BCUT2D eigenvalue weighted by Gasteiger charge is 2.25. The van der Waals surface area contributed by atoms with Crippen molar-refractivity contribution >= 4 is 21.6 Å². The van der Waals surface area contributed by atoms with Crippen molar-refractivity contribution in [1.82, 2.24) is 9.29 Å². The molecule has 8 nitrogen and oxygen atoms in total. The molecule has 1 aromatic carbocycles. The van der Waals surface area contributed by atoms with Gasteiger partial charge in [0.25, 0.3) is 0 Å². The van der Waals surface area contributed by atoms with Gasteiger partial charge in [0.1, 0.15) is 21.6 Å². The fourth-order valence-corrected chi connectivity index (χ4v) is 4.42. The molecule has 2 aromatic heterocycles. The highest BCUT2D eigenvalue weighted by atomic mass is 35.5. The normalized spacial score (nSPS) is 13.0. The van der Waals surface area contributed by atoms with Crippen LogP contribution in [0.4, 0.5) is 0 Å². The van der Waals surface area contributed by atoms with Crippen LogP contribution >= 0.6 is 11.6 Å². The van der Waals surface area contributed by atoms with Gasteiger partial charge in [-0.3, -0.25) is 0 Å². The minimum Gasteiger partial charge on any atom is -0.493 e. The Morgan fingerprint density at radius 3 is 2.77 bits per heavy atom. The molecule has 0 aliphatic carbocycles. The molecule has 0 radical (unpaired) electrons. The number of hydrogen-bond acceptors (Lipinski definition) is 7. The van der Waals surface area contributed by atoms with E-state index < -0.39 is 10.0 Å². The van der Waals surface area contributed by atoms with E-state index in [1.54, 1.807) is 30.3 Å². The van der Waals surface area contributed by atoms with Crippen molar-refractivity contribution in [2.45, 2.75) is 17.9 Å². The third-order valence-corrected chi connectivity index (χ3v) is 6.47. The first-order valence-electron chi connectivity index (χ1n) is 9.19. The molecule has 0 saturated carbocycles. The summed E-state index contributed by atoms with van der Waals surface area (Å²) in [5.41, 5.74) is 0. The lowest BCUT2D eigenvalue weighted by atomic mass is 10.3. The molecule has 3 aromatic rings. The summed E-state index contributed by atoms with van der Waals surface area (Å²) in [6.45, 7) is 0.846. The van der Waals surface area contributed by atoms with E-state index in [0.29, 0.717) is 36.0 Å². The van der Waals surface area contributed by atoms with Gasteiger partial charge in [-0.25, -0.2) is 13.4 Å². The number of nitrogens with zero attached hydrogens (tertiary/aromatic N) is 2. The zero-order valence-corrected chi connectivity index (χ0v) is 17.4. The molecule has 30 heavy (non-hydrogen) atoms. The maximum Gasteiger partial charge on any atom is 0.245 e. The topological polar surface area (TPSA) is 91.1 Å². The molecule has 1 aliphatic rings. The van der Waals surface area contributed by atoms with Crippen molar-refractivity contribution in [2.24, 2.45) is 0 Å². The van der Waals surface area contributed by atoms with E-state index in [1.807, 2.05) is 0 Å². The average Bonchev–Trinajstić information content (AvgIpc) is 3.42. The van der Waals surface area contributed by atoms with Crippen LogP contribution in [0.15, 0.2) is 64.2 Å². The molecule has 4 rings (SSSR count). The fourth-order valence-electron chi connectivity index (χ4n) is 2.92. The molecule has 0 unspecified atom stereocenters. The van der Waals surface area contributed by atoms with E-state index in [-0.39, 0.29) is 29.9 Å². The van der Waals surface area contributed by atoms with Crippen LogP contribution < -0.4 is 14.2 Å². The van der Waals surface area contributed by atoms with Crippen LogP contribution in [-0.4, -0.2) is 37.7 Å². The Morgan fingerprint density at radius 2 is 2.00 bits per heavy atom. The van der Waals surface area contributed by atoms with Crippen LogP contribution in [-0.2, 0) is 16.6 Å². The molecule has 0 atom stereocenters. The minimum atomic E-state index is -3.79. The second-order valence-corrected chi connectivity index (χ2v) is 8.78. The van der Waals surface area contributed by atoms with E-state index in [1.165, 1.54) is 28.9 Å². The standard InChI is InChI=1S/C20H19ClN2O6S/c21-20-7-5-17(12-22-20)30(24,25)23(13-16-3-1-9-27-16)8-2-10-26-15-4-6-18-19(11-15)29-14-28-18/h1,3-7,9,11-12H,2,8,10,13-14H2. The summed E-state index contributed by atoms with van der Waals surface area (Å²) in [6.07, 6.45) is 3.22. The van der Waals surface area contributed by atoms with Crippen LogP contribution in [0.5, 0.6) is 17.2 Å². The Bertz CT molecular complexity index is 1090. The highest BCUT2D eigenvalue weighted by molar-refractivity contribution is 7.89. The van der Waals surface area contributed by atoms with Gasteiger partial charge in [0.2, 0.25) is 16.8 Å². The maximum atomic E-state index is 13.1. The number of aromatic nitrogens is 1. The fraction of sp³-hybridized carbons (Fsp3) is 0.250. The lowest BCUT2D eigenvalue weighted by molar-refractivity contribution is 0.173. The van der Waals surface area contributed by atoms with E-state index >= 15 is 0 Å². The zero-order chi connectivity index (χ0) is 21.0. The second-order valence-electron chi connectivity index (χ2n) is 6.45. The van der Waals surface area contributed by atoms with Gasteiger partial charge in [-0.05, 0) is 42.8 Å². The van der Waals surface area contributed by atoms with Crippen molar-refractivity contribution in [3.63, 3.8) is 0 Å². The zero-order valence-electron chi connectivity index (χ0n) is 15.9. The molecule has 0 spiro atoms. The number of benzene rings is 1. The molecule has 0 bridgehead atoms. The van der Waals surface area contributed by atoms with Gasteiger partial charge in [0.05, 0.1) is 19.4 Å². The van der Waals surface area contributed by atoms with E-state index in [0.717, 1.165) is 0 Å². The van der Waals surface area contributed by atoms with Crippen LogP contribution in [0.25, 0.3) is 0 Å². The number of hydrogen-bond donors (Lipinski definition) is 0. The number of sulfonamides is 1. The summed E-state index contributed by atoms with van der Waals surface area (Å²) in [7, 11) is -3.79. The number of halogens is 1. The van der Waals surface area contributed by atoms with Gasteiger partial charge >= 0.3 is 0 Å². The van der Waals surface area contributed by atoms with Crippen molar-refractivity contribution in [2.75, 3.05) is 19.9 Å². The van der Waals surface area contributed by atoms with Crippen LogP contribution in [0, 0.1) is 0 Å². The Balaban J connectivity index is 1.41. The van der Waals surface area contributed by atoms with Gasteiger partial charge in [-0.2, -0.15) is 4.31 Å². The molecule has 0 saturated heterocycles. The average molecular weight is 451 g/mol. The number of pyridine rings is 1. The highest BCUT2D eigenvalue weighted by Crippen LogP contribution is 2.35. The maximum absolute atomic E-state index is 13.1. The summed E-state index contributed by atoms with van der Waals surface area (Å²) >= 11 is 5.78. The first kappa shape index (κ1) is 20.5. The first-order valence-corrected chi connectivity index (χ1v) is 11.0. The summed E-state index contributed by atoms with van der Waals surface area (Å²) < 4.78 is 49.2. The molecule has 0 N–H and O–H groups in total. The van der Waals surface area contributed by atoms with E-state index in [9.17, 15) is 8.42 Å². The Kier molecular flexibility index (Phi) is 6.12. The minimum absolute atomic E-state index is 0.0649. The first-order chi connectivity index (χ1) is 14.5. The Labute approximate surface area is 179 Å². The van der Waals surface area contributed by atoms with Gasteiger partial charge < -0.3 is 18.6 Å². The summed E-state index contributed by atoms with van der Waals surface area (Å²) in [5, 5.41) is 0.226. The number of rotatable bonds is 9. The smallest absolute Gasteiger partial charge is 0.245 e. The van der Waals surface area contributed by atoms with Gasteiger partial charge in [0, 0.05) is 18.8 Å². The van der Waals surface area contributed by atoms with Crippen LogP contribution in [0.3, 0.4) is 0 Å². The summed E-state index contributed by atoms with van der Waals surface area (Å²) in [4.78, 5) is 3.94. The Hall–Kier alpha value is -2.75. The number of furan rings is 1. The molecule has 0 amide bonds. The molecule has 0 fully saturated rings. The number of fused-ring (bicyclic) bond motifs is 1. The molecule has 10 heteroatoms. The lowest BCUT2D eigenvalue weighted by Crippen LogP contribution is -2.32. The van der Waals surface area contributed by atoms with Gasteiger partial charge in [-0.1, -0.05) is 11.6 Å².